The Bertz CT molecular complexity index is 1380. The molecule has 1 N–H and O–H groups in total. The van der Waals surface area contributed by atoms with Gasteiger partial charge in [0.05, 0.1) is 25.3 Å². The highest BCUT2D eigenvalue weighted by atomic mass is 16.5. The zero-order valence-corrected chi connectivity index (χ0v) is 21.2. The number of aromatic nitrogens is 2. The first-order valence-electron chi connectivity index (χ1n) is 12.6. The second kappa shape index (κ2) is 10.9. The van der Waals surface area contributed by atoms with Crippen LogP contribution in [0, 0.1) is 6.92 Å². The Hall–Kier alpha value is -4.10. The first kappa shape index (κ1) is 24.6. The number of aromatic hydroxyl groups is 1. The van der Waals surface area contributed by atoms with Crippen molar-refractivity contribution in [2.45, 2.75) is 19.5 Å². The highest BCUT2D eigenvalue weighted by molar-refractivity contribution is 5.47. The van der Waals surface area contributed by atoms with Crippen molar-refractivity contribution in [1.29, 1.82) is 0 Å². The minimum Gasteiger partial charge on any atom is -0.507 e. The molecule has 7 nitrogen and oxygen atoms in total. The van der Waals surface area contributed by atoms with Crippen LogP contribution in [0.4, 0.5) is 5.69 Å². The van der Waals surface area contributed by atoms with Gasteiger partial charge < -0.3 is 19.3 Å². The van der Waals surface area contributed by atoms with E-state index in [1.807, 2.05) is 49.4 Å². The van der Waals surface area contributed by atoms with Gasteiger partial charge in [-0.05, 0) is 54.4 Å². The summed E-state index contributed by atoms with van der Waals surface area (Å²) in [5, 5.41) is 11.2. The molecule has 2 aromatic carbocycles. The number of hydrogen-bond donors (Lipinski definition) is 1. The molecule has 1 saturated heterocycles. The van der Waals surface area contributed by atoms with Crippen LogP contribution in [-0.4, -0.2) is 52.8 Å². The molecule has 1 atom stereocenters. The van der Waals surface area contributed by atoms with Crippen LogP contribution < -0.4 is 15.2 Å². The number of nitrogens with zero attached hydrogens (tertiary/aromatic N) is 4. The number of hydrogen-bond acceptors (Lipinski definition) is 6. The summed E-state index contributed by atoms with van der Waals surface area (Å²) >= 11 is 0. The van der Waals surface area contributed by atoms with E-state index in [2.05, 4.69) is 39.0 Å². The average Bonchev–Trinajstić information content (AvgIpc) is 2.94. The number of pyridine rings is 2. The van der Waals surface area contributed by atoms with Gasteiger partial charge in [0, 0.05) is 50.0 Å². The lowest BCUT2D eigenvalue weighted by Gasteiger charge is -2.40. The summed E-state index contributed by atoms with van der Waals surface area (Å²) in [6, 6.07) is 23.3. The third-order valence-electron chi connectivity index (χ3n) is 7.09. The first-order chi connectivity index (χ1) is 18.0. The molecule has 0 spiro atoms. The second-order valence-electron chi connectivity index (χ2n) is 9.37. The second-order valence-corrected chi connectivity index (χ2v) is 9.37. The van der Waals surface area contributed by atoms with Gasteiger partial charge >= 0.3 is 0 Å². The number of rotatable bonds is 7. The van der Waals surface area contributed by atoms with Crippen molar-refractivity contribution in [3.8, 4) is 11.5 Å². The van der Waals surface area contributed by atoms with Crippen molar-refractivity contribution >= 4 is 5.69 Å². The normalized spacial score (nSPS) is 14.9. The molecule has 1 aliphatic rings. The van der Waals surface area contributed by atoms with Gasteiger partial charge in [0.15, 0.2) is 0 Å². The fourth-order valence-corrected chi connectivity index (χ4v) is 5.12. The molecule has 0 amide bonds. The number of aryl methyl sites for hydroxylation is 1. The van der Waals surface area contributed by atoms with E-state index in [0.717, 1.165) is 43.1 Å². The summed E-state index contributed by atoms with van der Waals surface area (Å²) in [5.41, 5.74) is 3.98. The van der Waals surface area contributed by atoms with Crippen LogP contribution in [0.3, 0.4) is 0 Å². The minimum absolute atomic E-state index is 0.0243. The smallest absolute Gasteiger partial charge is 0.259 e. The van der Waals surface area contributed by atoms with Crippen LogP contribution in [0.1, 0.15) is 28.4 Å². The predicted molar refractivity (Wildman–Crippen MR) is 146 cm³/mol. The highest BCUT2D eigenvalue weighted by Crippen LogP contribution is 2.34. The maximum absolute atomic E-state index is 14.0. The van der Waals surface area contributed by atoms with Crippen LogP contribution >= 0.6 is 0 Å². The van der Waals surface area contributed by atoms with Crippen molar-refractivity contribution in [1.82, 2.24) is 14.5 Å². The zero-order valence-electron chi connectivity index (χ0n) is 21.2. The summed E-state index contributed by atoms with van der Waals surface area (Å²) in [5.74, 6) is 0.773. The molecule has 0 unspecified atom stereocenters. The highest BCUT2D eigenvalue weighted by Gasteiger charge is 2.31. The van der Waals surface area contributed by atoms with Crippen molar-refractivity contribution in [3.63, 3.8) is 0 Å². The lowest BCUT2D eigenvalue weighted by atomic mass is 9.95. The fourth-order valence-electron chi connectivity index (χ4n) is 5.12. The predicted octanol–water partition coefficient (Wildman–Crippen LogP) is 4.23. The molecule has 4 aromatic rings. The van der Waals surface area contributed by atoms with Crippen LogP contribution in [0.5, 0.6) is 11.5 Å². The zero-order chi connectivity index (χ0) is 25.8. The molecule has 0 saturated carbocycles. The Labute approximate surface area is 217 Å². The number of ether oxygens (including phenoxy) is 1. The number of benzene rings is 2. The molecule has 5 rings (SSSR count). The standard InChI is InChI=1S/C30H32N4O3/c1-22-19-27(35)28(30(36)34(22)21-23-7-6-14-31-20-23)29(24-10-12-26(37-2)13-11-24)33-17-15-32(16-18-33)25-8-4-3-5-9-25/h3-14,19-20,29,35H,15-18,21H2,1-2H3/t29-/m0/s1. The lowest BCUT2D eigenvalue weighted by molar-refractivity contribution is 0.207. The molecule has 0 aliphatic carbocycles. The summed E-state index contributed by atoms with van der Waals surface area (Å²) in [6.07, 6.45) is 3.48. The van der Waals surface area contributed by atoms with Crippen LogP contribution in [-0.2, 0) is 6.54 Å². The fraction of sp³-hybridized carbons (Fsp3) is 0.267. The largest absolute Gasteiger partial charge is 0.507 e. The summed E-state index contributed by atoms with van der Waals surface area (Å²) in [7, 11) is 1.64. The lowest BCUT2D eigenvalue weighted by Crippen LogP contribution is -2.49. The van der Waals surface area contributed by atoms with E-state index >= 15 is 0 Å². The quantitative estimate of drug-likeness (QED) is 0.413. The van der Waals surface area contributed by atoms with Gasteiger partial charge in [-0.25, -0.2) is 0 Å². The third-order valence-corrected chi connectivity index (χ3v) is 7.09. The molecule has 37 heavy (non-hydrogen) atoms. The number of para-hydroxylation sites is 1. The Balaban J connectivity index is 1.54. The summed E-state index contributed by atoms with van der Waals surface area (Å²) in [4.78, 5) is 22.8. The third kappa shape index (κ3) is 5.22. The van der Waals surface area contributed by atoms with Gasteiger partial charge in [0.1, 0.15) is 11.5 Å². The summed E-state index contributed by atoms with van der Waals surface area (Å²) < 4.78 is 7.10. The molecule has 3 heterocycles. The monoisotopic (exact) mass is 496 g/mol. The van der Waals surface area contributed by atoms with E-state index in [1.54, 1.807) is 30.1 Å². The van der Waals surface area contributed by atoms with Crippen molar-refractivity contribution in [2.75, 3.05) is 38.2 Å². The number of methoxy groups -OCH3 is 1. The van der Waals surface area contributed by atoms with Crippen molar-refractivity contribution in [3.05, 3.63) is 118 Å². The average molecular weight is 497 g/mol. The van der Waals surface area contributed by atoms with Crippen molar-refractivity contribution in [2.24, 2.45) is 0 Å². The molecule has 0 radical (unpaired) electrons. The molecular weight excluding hydrogens is 464 g/mol. The number of piperazine rings is 1. The Morgan fingerprint density at radius 2 is 1.70 bits per heavy atom. The van der Waals surface area contributed by atoms with Gasteiger partial charge in [0.2, 0.25) is 0 Å². The molecule has 0 bridgehead atoms. The molecular formula is C30H32N4O3. The molecule has 2 aromatic heterocycles. The van der Waals surface area contributed by atoms with E-state index in [4.69, 9.17) is 4.74 Å². The molecule has 7 heteroatoms. The van der Waals surface area contributed by atoms with Crippen molar-refractivity contribution < 1.29 is 9.84 Å². The first-order valence-corrected chi connectivity index (χ1v) is 12.6. The van der Waals surface area contributed by atoms with E-state index in [1.165, 1.54) is 5.69 Å². The van der Waals surface area contributed by atoms with Crippen LogP contribution in [0.25, 0.3) is 0 Å². The maximum atomic E-state index is 14.0. The maximum Gasteiger partial charge on any atom is 0.259 e. The van der Waals surface area contributed by atoms with Crippen LogP contribution in [0.2, 0.25) is 0 Å². The Morgan fingerprint density at radius 3 is 2.35 bits per heavy atom. The molecule has 190 valence electrons. The van der Waals surface area contributed by atoms with Gasteiger partial charge in [-0.3, -0.25) is 14.7 Å². The van der Waals surface area contributed by atoms with E-state index < -0.39 is 6.04 Å². The SMILES string of the molecule is COc1ccc([C@@H](c2c(O)cc(C)n(Cc3cccnc3)c2=O)N2CCN(c3ccccc3)CC2)cc1. The van der Waals surface area contributed by atoms with Crippen LogP contribution in [0.15, 0.2) is 90.0 Å². The topological polar surface area (TPSA) is 70.8 Å². The number of anilines is 1. The Kier molecular flexibility index (Phi) is 7.23. The van der Waals surface area contributed by atoms with Gasteiger partial charge in [0.25, 0.3) is 5.56 Å². The Morgan fingerprint density at radius 1 is 0.973 bits per heavy atom. The van der Waals surface area contributed by atoms with E-state index in [0.29, 0.717) is 17.8 Å². The van der Waals surface area contributed by atoms with Gasteiger partial charge in [-0.1, -0.05) is 36.4 Å². The van der Waals surface area contributed by atoms with E-state index in [-0.39, 0.29) is 11.3 Å². The van der Waals surface area contributed by atoms with Gasteiger partial charge in [-0.2, -0.15) is 0 Å². The van der Waals surface area contributed by atoms with Gasteiger partial charge in [-0.15, -0.1) is 0 Å². The summed E-state index contributed by atoms with van der Waals surface area (Å²) in [6.45, 7) is 5.40. The minimum atomic E-state index is -0.392. The van der Waals surface area contributed by atoms with E-state index in [9.17, 15) is 9.90 Å². The molecule has 1 fully saturated rings. The molecule has 1 aliphatic heterocycles.